The summed E-state index contributed by atoms with van der Waals surface area (Å²) in [6.07, 6.45) is 7.17. The Balaban J connectivity index is 1.34. The van der Waals surface area contributed by atoms with Crippen molar-refractivity contribution in [2.75, 3.05) is 44.0 Å². The van der Waals surface area contributed by atoms with Crippen LogP contribution in [-0.2, 0) is 9.47 Å². The summed E-state index contributed by atoms with van der Waals surface area (Å²) in [5, 5.41) is 6.80. The van der Waals surface area contributed by atoms with E-state index in [0.29, 0.717) is 65.7 Å². The maximum absolute atomic E-state index is 15.4. The Morgan fingerprint density at radius 2 is 1.77 bits per heavy atom. The third kappa shape index (κ3) is 6.32. The Kier molecular flexibility index (Phi) is 8.52. The third-order valence-corrected chi connectivity index (χ3v) is 8.04. The molecular formula is C32H33FN6O4. The number of hydrogen-bond donors (Lipinski definition) is 2. The summed E-state index contributed by atoms with van der Waals surface area (Å²) in [4.78, 5) is 41.4. The second kappa shape index (κ2) is 12.8. The van der Waals surface area contributed by atoms with Gasteiger partial charge in [-0.05, 0) is 55.5 Å². The molecule has 0 atom stereocenters. The highest BCUT2D eigenvalue weighted by atomic mass is 19.1. The molecule has 6 rings (SSSR count). The molecular weight excluding hydrogens is 551 g/mol. The van der Waals surface area contributed by atoms with Gasteiger partial charge in [0.05, 0.1) is 35.8 Å². The van der Waals surface area contributed by atoms with Gasteiger partial charge in [-0.2, -0.15) is 0 Å². The average Bonchev–Trinajstić information content (AvgIpc) is 3.05. The Morgan fingerprint density at radius 3 is 2.49 bits per heavy atom. The van der Waals surface area contributed by atoms with Crippen LogP contribution in [0, 0.1) is 5.82 Å². The van der Waals surface area contributed by atoms with Crippen molar-refractivity contribution in [1.29, 1.82) is 0 Å². The first kappa shape index (κ1) is 28.6. The quantitative estimate of drug-likeness (QED) is 0.314. The highest BCUT2D eigenvalue weighted by Gasteiger charge is 2.24. The van der Waals surface area contributed by atoms with Crippen molar-refractivity contribution in [2.45, 2.75) is 37.8 Å². The number of nitrogens with zero attached hydrogens (tertiary/aromatic N) is 4. The van der Waals surface area contributed by atoms with Crippen LogP contribution in [0.1, 0.15) is 46.4 Å². The number of ether oxygens (including phenoxy) is 2. The molecule has 0 radical (unpaired) electrons. The number of methoxy groups -OCH3 is 1. The second-order valence-corrected chi connectivity index (χ2v) is 10.7. The summed E-state index contributed by atoms with van der Waals surface area (Å²) in [5.41, 5.74) is 2.02. The molecule has 1 aliphatic carbocycles. The van der Waals surface area contributed by atoms with Crippen molar-refractivity contribution in [3.8, 4) is 11.1 Å². The van der Waals surface area contributed by atoms with E-state index in [4.69, 9.17) is 14.5 Å². The van der Waals surface area contributed by atoms with Crippen molar-refractivity contribution < 1.29 is 23.5 Å². The van der Waals surface area contributed by atoms with Crippen LogP contribution in [0.2, 0.25) is 0 Å². The van der Waals surface area contributed by atoms with Gasteiger partial charge in [-0.3, -0.25) is 9.59 Å². The van der Waals surface area contributed by atoms with Crippen LogP contribution in [0.25, 0.3) is 22.0 Å². The van der Waals surface area contributed by atoms with Gasteiger partial charge in [-0.1, -0.05) is 24.3 Å². The zero-order chi connectivity index (χ0) is 29.8. The molecule has 1 aliphatic heterocycles. The highest BCUT2D eigenvalue weighted by Crippen LogP contribution is 2.33. The number of fused-ring (bicyclic) bond motifs is 1. The number of morpholine rings is 1. The van der Waals surface area contributed by atoms with E-state index in [1.165, 1.54) is 12.1 Å². The SMILES string of the molecule is CO[C@H]1CC[C@H](Nc2ncc3c(NC(=O)c4ccccc4)ncc(-c4ccc(C(=O)N5CCOCC5)c(F)c4)c3n2)CC1. The first-order valence-corrected chi connectivity index (χ1v) is 14.5. The Labute approximate surface area is 248 Å². The molecule has 0 spiro atoms. The van der Waals surface area contributed by atoms with Crippen LogP contribution >= 0.6 is 0 Å². The van der Waals surface area contributed by atoms with Gasteiger partial charge in [-0.25, -0.2) is 19.3 Å². The van der Waals surface area contributed by atoms with E-state index in [1.807, 2.05) is 6.07 Å². The van der Waals surface area contributed by atoms with Gasteiger partial charge in [0.1, 0.15) is 11.6 Å². The first-order chi connectivity index (χ1) is 21.0. The first-order valence-electron chi connectivity index (χ1n) is 14.5. The monoisotopic (exact) mass is 584 g/mol. The fraction of sp³-hybridized carbons (Fsp3) is 0.344. The molecule has 1 saturated carbocycles. The van der Waals surface area contributed by atoms with Gasteiger partial charge in [-0.15, -0.1) is 0 Å². The summed E-state index contributed by atoms with van der Waals surface area (Å²) >= 11 is 0. The van der Waals surface area contributed by atoms with Gasteiger partial charge >= 0.3 is 0 Å². The fourth-order valence-corrected chi connectivity index (χ4v) is 5.59. The number of halogens is 1. The number of hydrogen-bond acceptors (Lipinski definition) is 8. The lowest BCUT2D eigenvalue weighted by Crippen LogP contribution is -2.41. The van der Waals surface area contributed by atoms with E-state index in [-0.39, 0.29) is 29.5 Å². The minimum atomic E-state index is -0.633. The van der Waals surface area contributed by atoms with Crippen LogP contribution in [0.3, 0.4) is 0 Å². The largest absolute Gasteiger partial charge is 0.381 e. The molecule has 222 valence electrons. The van der Waals surface area contributed by atoms with E-state index in [9.17, 15) is 9.59 Å². The van der Waals surface area contributed by atoms with Crippen LogP contribution in [0.5, 0.6) is 0 Å². The van der Waals surface area contributed by atoms with Crippen molar-refractivity contribution >= 4 is 34.5 Å². The molecule has 2 amide bonds. The number of rotatable bonds is 7. The second-order valence-electron chi connectivity index (χ2n) is 10.7. The number of anilines is 2. The zero-order valence-corrected chi connectivity index (χ0v) is 23.9. The number of nitrogens with one attached hydrogen (secondary N) is 2. The van der Waals surface area contributed by atoms with Gasteiger partial charge in [0.15, 0.2) is 0 Å². The smallest absolute Gasteiger partial charge is 0.256 e. The Bertz CT molecular complexity index is 1620. The molecule has 0 bridgehead atoms. The maximum Gasteiger partial charge on any atom is 0.256 e. The van der Waals surface area contributed by atoms with Crippen molar-refractivity contribution in [3.05, 3.63) is 77.9 Å². The number of amides is 2. The number of pyridine rings is 1. The average molecular weight is 585 g/mol. The van der Waals surface area contributed by atoms with Crippen molar-refractivity contribution in [3.63, 3.8) is 0 Å². The summed E-state index contributed by atoms with van der Waals surface area (Å²) in [7, 11) is 1.74. The molecule has 2 aromatic carbocycles. The number of carbonyl (C=O) groups excluding carboxylic acids is 2. The molecule has 4 aromatic rings. The van der Waals surface area contributed by atoms with E-state index < -0.39 is 5.82 Å². The van der Waals surface area contributed by atoms with Crippen molar-refractivity contribution in [2.24, 2.45) is 0 Å². The summed E-state index contributed by atoms with van der Waals surface area (Å²) in [6, 6.07) is 13.5. The summed E-state index contributed by atoms with van der Waals surface area (Å²) in [6.45, 7) is 1.70. The summed E-state index contributed by atoms with van der Waals surface area (Å²) < 4.78 is 26.2. The van der Waals surface area contributed by atoms with Gasteiger partial charge in [0.2, 0.25) is 5.95 Å². The molecule has 2 N–H and O–H groups in total. The minimum absolute atomic E-state index is 0.00157. The predicted molar refractivity (Wildman–Crippen MR) is 161 cm³/mol. The number of benzene rings is 2. The maximum atomic E-state index is 15.4. The standard InChI is InChI=1S/C32H33FN6O4/c1-42-23-10-8-22(9-11-23)36-32-35-19-26-28(37-32)25(18-34-29(26)38-30(40)20-5-3-2-4-6-20)21-7-12-24(27(33)17-21)31(41)39-13-15-43-16-14-39/h2-7,12,17-19,22-23H,8-11,13-16H2,1H3,(H,34,38,40)(H,35,36,37)/t22-,23-. The number of carbonyl (C=O) groups is 2. The molecule has 43 heavy (non-hydrogen) atoms. The van der Waals surface area contributed by atoms with E-state index in [0.717, 1.165) is 25.7 Å². The van der Waals surface area contributed by atoms with Crippen LogP contribution in [0.4, 0.5) is 16.2 Å². The van der Waals surface area contributed by atoms with Crippen LogP contribution in [0.15, 0.2) is 60.9 Å². The normalized spacial score (nSPS) is 18.8. The fourth-order valence-electron chi connectivity index (χ4n) is 5.59. The Hall–Kier alpha value is -4.48. The lowest BCUT2D eigenvalue weighted by Gasteiger charge is -2.28. The van der Waals surface area contributed by atoms with Gasteiger partial charge in [0, 0.05) is 49.8 Å². The predicted octanol–water partition coefficient (Wildman–Crippen LogP) is 4.93. The topological polar surface area (TPSA) is 119 Å². The molecule has 3 heterocycles. The third-order valence-electron chi connectivity index (χ3n) is 8.04. The Morgan fingerprint density at radius 1 is 1.00 bits per heavy atom. The molecule has 2 aliphatic rings. The number of aromatic nitrogens is 3. The summed E-state index contributed by atoms with van der Waals surface area (Å²) in [5.74, 6) is -0.603. The van der Waals surface area contributed by atoms with Crippen molar-refractivity contribution in [1.82, 2.24) is 19.9 Å². The molecule has 11 heteroatoms. The molecule has 0 unspecified atom stereocenters. The lowest BCUT2D eigenvalue weighted by molar-refractivity contribution is 0.0300. The molecule has 2 aromatic heterocycles. The minimum Gasteiger partial charge on any atom is -0.381 e. The zero-order valence-electron chi connectivity index (χ0n) is 23.9. The van der Waals surface area contributed by atoms with Gasteiger partial charge < -0.3 is 25.0 Å². The lowest BCUT2D eigenvalue weighted by atomic mass is 9.93. The van der Waals surface area contributed by atoms with E-state index in [2.05, 4.69) is 20.6 Å². The van der Waals surface area contributed by atoms with Crippen LogP contribution < -0.4 is 10.6 Å². The van der Waals surface area contributed by atoms with E-state index >= 15 is 4.39 Å². The molecule has 10 nitrogen and oxygen atoms in total. The molecule has 1 saturated heterocycles. The highest BCUT2D eigenvalue weighted by molar-refractivity contribution is 6.09. The van der Waals surface area contributed by atoms with Gasteiger partial charge in [0.25, 0.3) is 11.8 Å². The molecule has 2 fully saturated rings. The van der Waals surface area contributed by atoms with Crippen LogP contribution in [-0.4, -0.2) is 77.2 Å². The van der Waals surface area contributed by atoms with E-state index in [1.54, 1.807) is 54.7 Å².